The first kappa shape index (κ1) is 17.7. The second kappa shape index (κ2) is 13.1. The Morgan fingerprint density at radius 1 is 0.650 bits per heavy atom. The summed E-state index contributed by atoms with van der Waals surface area (Å²) in [5, 5.41) is 0. The summed E-state index contributed by atoms with van der Waals surface area (Å²) in [4.78, 5) is 20.0. The number of carbonyl (C=O) groups excluding carboxylic acids is 2. The molecule has 0 aliphatic heterocycles. The van der Waals surface area contributed by atoms with Crippen molar-refractivity contribution in [2.75, 3.05) is 13.1 Å². The highest BCUT2D eigenvalue weighted by atomic mass is 16.1. The Morgan fingerprint density at radius 3 is 1.10 bits per heavy atom. The minimum absolute atomic E-state index is 0.597. The van der Waals surface area contributed by atoms with E-state index < -0.39 is 0 Å². The van der Waals surface area contributed by atoms with Crippen molar-refractivity contribution in [2.24, 2.45) is 11.5 Å². The summed E-state index contributed by atoms with van der Waals surface area (Å²) in [6.07, 6.45) is 1.67. The summed E-state index contributed by atoms with van der Waals surface area (Å²) in [7, 11) is 0. The molecule has 4 heteroatoms. The van der Waals surface area contributed by atoms with E-state index in [1.165, 1.54) is 0 Å². The summed E-state index contributed by atoms with van der Waals surface area (Å²) in [6, 6.07) is 18.2. The van der Waals surface area contributed by atoms with Crippen molar-refractivity contribution in [3.63, 3.8) is 0 Å². The maximum absolute atomic E-state index is 10.0. The molecule has 0 atom stereocenters. The van der Waals surface area contributed by atoms with Gasteiger partial charge in [0.05, 0.1) is 0 Å². The number of aldehydes is 2. The molecule has 0 radical (unpaired) electrons. The number of hydrogen-bond acceptors (Lipinski definition) is 4. The molecule has 2 rings (SSSR count). The van der Waals surface area contributed by atoms with Crippen LogP contribution in [0.25, 0.3) is 0 Å². The van der Waals surface area contributed by atoms with Crippen LogP contribution in [0.1, 0.15) is 20.7 Å². The third-order valence-corrected chi connectivity index (χ3v) is 2.04. The van der Waals surface area contributed by atoms with Crippen LogP contribution in [0.15, 0.2) is 60.7 Å². The Balaban J connectivity index is 0.000000289. The number of carbonyl (C=O) groups is 2. The van der Waals surface area contributed by atoms with Gasteiger partial charge < -0.3 is 11.5 Å². The zero-order valence-corrected chi connectivity index (χ0v) is 11.3. The largest absolute Gasteiger partial charge is 0.329 e. The van der Waals surface area contributed by atoms with Crippen molar-refractivity contribution < 1.29 is 9.59 Å². The second-order valence-electron chi connectivity index (χ2n) is 3.63. The van der Waals surface area contributed by atoms with Crippen molar-refractivity contribution in [3.8, 4) is 0 Å². The Hall–Kier alpha value is -2.30. The van der Waals surface area contributed by atoms with Crippen LogP contribution in [-0.2, 0) is 0 Å². The lowest BCUT2D eigenvalue weighted by Gasteiger charge is -1.81. The Bertz CT molecular complexity index is 413. The predicted molar refractivity (Wildman–Crippen MR) is 81.8 cm³/mol. The van der Waals surface area contributed by atoms with E-state index in [0.29, 0.717) is 13.1 Å². The van der Waals surface area contributed by atoms with Gasteiger partial charge in [0, 0.05) is 24.2 Å². The van der Waals surface area contributed by atoms with E-state index in [9.17, 15) is 9.59 Å². The molecule has 0 heterocycles. The van der Waals surface area contributed by atoms with Crippen molar-refractivity contribution >= 4 is 12.6 Å². The van der Waals surface area contributed by atoms with Crippen molar-refractivity contribution in [2.45, 2.75) is 0 Å². The number of rotatable bonds is 3. The van der Waals surface area contributed by atoms with Gasteiger partial charge >= 0.3 is 0 Å². The van der Waals surface area contributed by atoms with Crippen molar-refractivity contribution in [1.29, 1.82) is 0 Å². The van der Waals surface area contributed by atoms with Gasteiger partial charge in [-0.2, -0.15) is 0 Å². The fraction of sp³-hybridized carbons (Fsp3) is 0.125. The average Bonchev–Trinajstić information content (AvgIpc) is 2.57. The number of hydrogen-bond donors (Lipinski definition) is 2. The average molecular weight is 272 g/mol. The van der Waals surface area contributed by atoms with Gasteiger partial charge in [0.25, 0.3) is 0 Å². The quantitative estimate of drug-likeness (QED) is 0.835. The minimum Gasteiger partial charge on any atom is -0.329 e. The maximum Gasteiger partial charge on any atom is 0.150 e. The minimum atomic E-state index is 0.597. The van der Waals surface area contributed by atoms with E-state index >= 15 is 0 Å². The standard InChI is InChI=1S/2C7H6O.C2H8N2/c2*8-6-7-4-2-1-3-5-7;3-1-2-4/h2*1-6H;1-4H2. The highest BCUT2D eigenvalue weighted by molar-refractivity contribution is 5.74. The van der Waals surface area contributed by atoms with E-state index in [-0.39, 0.29) is 0 Å². The predicted octanol–water partition coefficient (Wildman–Crippen LogP) is 1.90. The van der Waals surface area contributed by atoms with Crippen LogP contribution in [0, 0.1) is 0 Å². The summed E-state index contributed by atoms with van der Waals surface area (Å²) in [5.74, 6) is 0. The molecule has 4 nitrogen and oxygen atoms in total. The van der Waals surface area contributed by atoms with E-state index in [1.54, 1.807) is 24.3 Å². The third kappa shape index (κ3) is 9.70. The van der Waals surface area contributed by atoms with Crippen LogP contribution in [0.2, 0.25) is 0 Å². The molecule has 0 saturated carbocycles. The van der Waals surface area contributed by atoms with Gasteiger partial charge in [-0.15, -0.1) is 0 Å². The summed E-state index contributed by atoms with van der Waals surface area (Å²) < 4.78 is 0. The summed E-state index contributed by atoms with van der Waals surface area (Å²) >= 11 is 0. The lowest BCUT2D eigenvalue weighted by Crippen LogP contribution is -2.11. The molecule has 2 aromatic carbocycles. The Labute approximate surface area is 119 Å². The SMILES string of the molecule is NCCN.O=Cc1ccccc1.O=Cc1ccccc1. The molecule has 20 heavy (non-hydrogen) atoms. The number of nitrogens with two attached hydrogens (primary N) is 2. The molecule has 0 bridgehead atoms. The van der Waals surface area contributed by atoms with Crippen LogP contribution in [0.5, 0.6) is 0 Å². The number of benzene rings is 2. The molecular formula is C16H20N2O2. The van der Waals surface area contributed by atoms with Crippen LogP contribution in [0.3, 0.4) is 0 Å². The van der Waals surface area contributed by atoms with Crippen LogP contribution >= 0.6 is 0 Å². The van der Waals surface area contributed by atoms with Crippen LogP contribution < -0.4 is 11.5 Å². The van der Waals surface area contributed by atoms with E-state index in [2.05, 4.69) is 0 Å². The van der Waals surface area contributed by atoms with Gasteiger partial charge in [-0.25, -0.2) is 0 Å². The molecule has 0 aliphatic carbocycles. The molecule has 0 amide bonds. The lowest BCUT2D eigenvalue weighted by atomic mass is 10.2. The fourth-order valence-corrected chi connectivity index (χ4v) is 1.06. The van der Waals surface area contributed by atoms with Gasteiger partial charge in [-0.1, -0.05) is 60.7 Å². The molecule has 0 unspecified atom stereocenters. The molecule has 0 aromatic heterocycles. The molecule has 2 aromatic rings. The van der Waals surface area contributed by atoms with E-state index in [1.807, 2.05) is 36.4 Å². The first-order valence-electron chi connectivity index (χ1n) is 6.19. The van der Waals surface area contributed by atoms with Crippen molar-refractivity contribution in [1.82, 2.24) is 0 Å². The summed E-state index contributed by atoms with van der Waals surface area (Å²) in [6.45, 7) is 1.19. The lowest BCUT2D eigenvalue weighted by molar-refractivity contribution is 0.111. The third-order valence-electron chi connectivity index (χ3n) is 2.04. The van der Waals surface area contributed by atoms with Gasteiger partial charge in [0.15, 0.2) is 0 Å². The first-order valence-corrected chi connectivity index (χ1v) is 6.19. The maximum atomic E-state index is 10.0. The zero-order valence-electron chi connectivity index (χ0n) is 11.3. The molecule has 0 aliphatic rings. The topological polar surface area (TPSA) is 86.2 Å². The molecule has 106 valence electrons. The first-order chi connectivity index (χ1) is 9.78. The smallest absolute Gasteiger partial charge is 0.150 e. The van der Waals surface area contributed by atoms with Gasteiger partial charge in [0.2, 0.25) is 0 Å². The molecule has 0 fully saturated rings. The monoisotopic (exact) mass is 272 g/mol. The molecule has 4 N–H and O–H groups in total. The second-order valence-corrected chi connectivity index (χ2v) is 3.63. The highest BCUT2D eigenvalue weighted by Crippen LogP contribution is 1.92. The van der Waals surface area contributed by atoms with Crippen molar-refractivity contribution in [3.05, 3.63) is 71.8 Å². The molecule has 0 spiro atoms. The fourth-order valence-electron chi connectivity index (χ4n) is 1.06. The zero-order chi connectivity index (χ0) is 15.1. The molecule has 0 saturated heterocycles. The van der Waals surface area contributed by atoms with Gasteiger partial charge in [-0.05, 0) is 0 Å². The molecular weight excluding hydrogens is 252 g/mol. The van der Waals surface area contributed by atoms with E-state index in [0.717, 1.165) is 23.7 Å². The Kier molecular flexibility index (Phi) is 11.6. The van der Waals surface area contributed by atoms with Crippen LogP contribution in [0.4, 0.5) is 0 Å². The van der Waals surface area contributed by atoms with Crippen LogP contribution in [-0.4, -0.2) is 25.7 Å². The summed E-state index contributed by atoms with van der Waals surface area (Å²) in [5.41, 5.74) is 11.3. The van der Waals surface area contributed by atoms with Gasteiger partial charge in [-0.3, -0.25) is 9.59 Å². The van der Waals surface area contributed by atoms with Gasteiger partial charge in [0.1, 0.15) is 12.6 Å². The highest BCUT2D eigenvalue weighted by Gasteiger charge is 1.80. The van der Waals surface area contributed by atoms with E-state index in [4.69, 9.17) is 11.5 Å². The normalized spacial score (nSPS) is 8.30. The Morgan fingerprint density at radius 2 is 0.950 bits per heavy atom.